The van der Waals surface area contributed by atoms with Gasteiger partial charge in [0.15, 0.2) is 6.10 Å². The molecule has 1 aromatic carbocycles. The highest BCUT2D eigenvalue weighted by Gasteiger charge is 2.25. The molecule has 0 saturated carbocycles. The van der Waals surface area contributed by atoms with E-state index in [4.69, 9.17) is 9.47 Å². The van der Waals surface area contributed by atoms with Crippen LogP contribution in [-0.2, 0) is 23.9 Å². The third-order valence-corrected chi connectivity index (χ3v) is 12.5. The SMILES string of the molecule is CCC=CCC=CCC=CCCCCCCCC(=O)O[C@@H](COC(=O)CCCCCCCC=CCC=CCCCCC)CN(C(=O)CCCCCCCC=CCCCCCCCC)c1ccccc1. The van der Waals surface area contributed by atoms with Crippen molar-refractivity contribution in [2.45, 2.75) is 258 Å². The number of carbonyl (C=O) groups is 3. The lowest BCUT2D eigenvalue weighted by molar-refractivity contribution is -0.158. The molecule has 1 aromatic rings. The van der Waals surface area contributed by atoms with E-state index in [1.54, 1.807) is 4.90 Å². The lowest BCUT2D eigenvalue weighted by Crippen LogP contribution is -2.41. The number of nitrogens with zero attached hydrogens (tertiary/aromatic N) is 1. The summed E-state index contributed by atoms with van der Waals surface area (Å²) in [5.41, 5.74) is 0.763. The Hall–Kier alpha value is -3.93. The Labute approximate surface area is 425 Å². The van der Waals surface area contributed by atoms with Crippen LogP contribution in [0.3, 0.4) is 0 Å². The van der Waals surface area contributed by atoms with Crippen LogP contribution in [0.15, 0.2) is 103 Å². The molecule has 0 N–H and O–H groups in total. The average Bonchev–Trinajstić information content (AvgIpc) is 3.36. The van der Waals surface area contributed by atoms with Crippen LogP contribution in [-0.4, -0.2) is 37.1 Å². The molecular formula is C63H103NO5. The number of hydrogen-bond donors (Lipinski definition) is 0. The highest BCUT2D eigenvalue weighted by molar-refractivity contribution is 5.93. The van der Waals surface area contributed by atoms with Crippen LogP contribution in [0, 0.1) is 0 Å². The van der Waals surface area contributed by atoms with Gasteiger partial charge in [-0.15, -0.1) is 0 Å². The fourth-order valence-corrected chi connectivity index (χ4v) is 8.24. The predicted molar refractivity (Wildman–Crippen MR) is 298 cm³/mol. The number of unbranched alkanes of at least 4 members (excludes halogenated alkanes) is 24. The summed E-state index contributed by atoms with van der Waals surface area (Å²) in [5.74, 6) is -0.579. The van der Waals surface area contributed by atoms with E-state index in [-0.39, 0.29) is 31.0 Å². The molecule has 0 aliphatic rings. The molecule has 6 heteroatoms. The van der Waals surface area contributed by atoms with Crippen LogP contribution in [0.4, 0.5) is 5.69 Å². The molecular weight excluding hydrogens is 851 g/mol. The zero-order valence-corrected chi connectivity index (χ0v) is 44.8. The molecule has 0 aromatic heterocycles. The fraction of sp³-hybridized carbons (Fsp3) is 0.667. The van der Waals surface area contributed by atoms with Gasteiger partial charge in [-0.1, -0.05) is 215 Å². The van der Waals surface area contributed by atoms with Crippen molar-refractivity contribution in [1.82, 2.24) is 0 Å². The van der Waals surface area contributed by atoms with Crippen LogP contribution in [0.1, 0.15) is 252 Å². The summed E-state index contributed by atoms with van der Waals surface area (Å²) in [4.78, 5) is 41.9. The molecule has 0 unspecified atom stereocenters. The Kier molecular flexibility index (Phi) is 46.1. The minimum Gasteiger partial charge on any atom is -0.462 e. The Morgan fingerprint density at radius 3 is 1.30 bits per heavy atom. The largest absolute Gasteiger partial charge is 0.462 e. The van der Waals surface area contributed by atoms with Crippen LogP contribution < -0.4 is 4.90 Å². The van der Waals surface area contributed by atoms with Crippen molar-refractivity contribution in [3.05, 3.63) is 103 Å². The normalized spacial score (nSPS) is 12.5. The minimum absolute atomic E-state index is 0.00230. The molecule has 0 fully saturated rings. The molecule has 1 amide bonds. The van der Waals surface area contributed by atoms with Crippen molar-refractivity contribution in [2.24, 2.45) is 0 Å². The predicted octanol–water partition coefficient (Wildman–Crippen LogP) is 18.9. The van der Waals surface area contributed by atoms with Gasteiger partial charge in [-0.05, 0) is 121 Å². The summed E-state index contributed by atoms with van der Waals surface area (Å²) < 4.78 is 11.8. The molecule has 0 aliphatic heterocycles. The summed E-state index contributed by atoms with van der Waals surface area (Å²) in [7, 11) is 0. The van der Waals surface area contributed by atoms with Crippen molar-refractivity contribution in [2.75, 3.05) is 18.1 Å². The molecule has 1 rings (SSSR count). The van der Waals surface area contributed by atoms with Gasteiger partial charge in [0.25, 0.3) is 0 Å². The molecule has 0 saturated heterocycles. The number of amides is 1. The molecule has 1 atom stereocenters. The van der Waals surface area contributed by atoms with E-state index in [9.17, 15) is 14.4 Å². The van der Waals surface area contributed by atoms with Crippen LogP contribution in [0.25, 0.3) is 0 Å². The van der Waals surface area contributed by atoms with Crippen LogP contribution >= 0.6 is 0 Å². The smallest absolute Gasteiger partial charge is 0.306 e. The van der Waals surface area contributed by atoms with E-state index in [2.05, 4.69) is 93.7 Å². The highest BCUT2D eigenvalue weighted by atomic mass is 16.6. The fourth-order valence-electron chi connectivity index (χ4n) is 8.24. The van der Waals surface area contributed by atoms with Gasteiger partial charge >= 0.3 is 11.9 Å². The molecule has 6 nitrogen and oxygen atoms in total. The van der Waals surface area contributed by atoms with Gasteiger partial charge in [-0.2, -0.15) is 0 Å². The van der Waals surface area contributed by atoms with Crippen molar-refractivity contribution in [1.29, 1.82) is 0 Å². The van der Waals surface area contributed by atoms with Gasteiger partial charge in [-0.3, -0.25) is 14.4 Å². The zero-order chi connectivity index (χ0) is 49.8. The van der Waals surface area contributed by atoms with Gasteiger partial charge < -0.3 is 14.4 Å². The van der Waals surface area contributed by atoms with Crippen molar-refractivity contribution < 1.29 is 23.9 Å². The second kappa shape index (κ2) is 50.5. The quantitative estimate of drug-likeness (QED) is 0.0370. The number of esters is 2. The Bertz CT molecular complexity index is 1510. The summed E-state index contributed by atoms with van der Waals surface area (Å²) in [5, 5.41) is 0. The summed E-state index contributed by atoms with van der Waals surface area (Å²) in [6, 6.07) is 9.63. The van der Waals surface area contributed by atoms with Crippen LogP contribution in [0.2, 0.25) is 0 Å². The van der Waals surface area contributed by atoms with Crippen LogP contribution in [0.5, 0.6) is 0 Å². The van der Waals surface area contributed by atoms with E-state index in [1.165, 1.54) is 83.5 Å². The number of carbonyl (C=O) groups excluding carboxylic acids is 3. The second-order valence-electron chi connectivity index (χ2n) is 19.1. The molecule has 0 heterocycles. The first-order valence-corrected chi connectivity index (χ1v) is 28.6. The number of benzene rings is 1. The third kappa shape index (κ3) is 42.7. The number of hydrogen-bond acceptors (Lipinski definition) is 5. The van der Waals surface area contributed by atoms with Gasteiger partial charge in [0.1, 0.15) is 6.61 Å². The number of allylic oxidation sites excluding steroid dienone is 12. The molecule has 0 radical (unpaired) electrons. The maximum Gasteiger partial charge on any atom is 0.306 e. The Morgan fingerprint density at radius 2 is 0.812 bits per heavy atom. The summed E-state index contributed by atoms with van der Waals surface area (Å²) in [6.45, 7) is 6.75. The minimum atomic E-state index is -0.751. The monoisotopic (exact) mass is 954 g/mol. The number of ether oxygens (including phenoxy) is 2. The van der Waals surface area contributed by atoms with E-state index in [0.29, 0.717) is 19.3 Å². The Morgan fingerprint density at radius 1 is 0.435 bits per heavy atom. The first-order chi connectivity index (χ1) is 34.0. The third-order valence-electron chi connectivity index (χ3n) is 12.5. The number of anilines is 1. The molecule has 0 aliphatic carbocycles. The topological polar surface area (TPSA) is 72.9 Å². The van der Waals surface area contributed by atoms with Crippen molar-refractivity contribution in [3.63, 3.8) is 0 Å². The van der Waals surface area contributed by atoms with E-state index < -0.39 is 6.10 Å². The number of para-hydroxylation sites is 1. The average molecular weight is 955 g/mol. The van der Waals surface area contributed by atoms with Crippen molar-refractivity contribution in [3.8, 4) is 0 Å². The molecule has 69 heavy (non-hydrogen) atoms. The van der Waals surface area contributed by atoms with Gasteiger partial charge in [0, 0.05) is 24.9 Å². The Balaban J connectivity index is 2.63. The van der Waals surface area contributed by atoms with Crippen molar-refractivity contribution >= 4 is 23.5 Å². The van der Waals surface area contributed by atoms with Gasteiger partial charge in [0.2, 0.25) is 5.91 Å². The first-order valence-electron chi connectivity index (χ1n) is 28.6. The summed E-state index contributed by atoms with van der Waals surface area (Å²) >= 11 is 0. The highest BCUT2D eigenvalue weighted by Crippen LogP contribution is 2.20. The zero-order valence-electron chi connectivity index (χ0n) is 44.8. The standard InChI is InChI=1S/C63H103NO5/c1-4-7-10-13-16-19-22-25-28-31-34-37-40-43-49-54-61(65)64(59-52-47-46-48-53-59)57-60(69-63(67)56-51-45-42-39-36-33-30-27-24-21-18-15-12-9-6-3)58-68-62(66)55-50-44-41-38-35-32-29-26-23-20-17-14-11-8-5-2/h9,12,17-18,20-21,25-30,46-48,52-53,60H,4-8,10-11,13-16,19,22-24,31-45,49-51,54-58H2,1-3H3/t60-/m1/s1. The van der Waals surface area contributed by atoms with E-state index >= 15 is 0 Å². The van der Waals surface area contributed by atoms with E-state index in [1.807, 2.05) is 30.3 Å². The lowest BCUT2D eigenvalue weighted by Gasteiger charge is -2.28. The summed E-state index contributed by atoms with van der Waals surface area (Å²) in [6.07, 6.45) is 64.7. The first kappa shape index (κ1) is 63.1. The molecule has 390 valence electrons. The van der Waals surface area contributed by atoms with E-state index in [0.717, 1.165) is 134 Å². The lowest BCUT2D eigenvalue weighted by atomic mass is 10.1. The second-order valence-corrected chi connectivity index (χ2v) is 19.1. The van der Waals surface area contributed by atoms with Gasteiger partial charge in [0.05, 0.1) is 6.54 Å². The molecule has 0 spiro atoms. The number of rotatable bonds is 48. The maximum atomic E-state index is 13.9. The van der Waals surface area contributed by atoms with Gasteiger partial charge in [-0.25, -0.2) is 0 Å². The molecule has 0 bridgehead atoms. The maximum absolute atomic E-state index is 13.9.